The summed E-state index contributed by atoms with van der Waals surface area (Å²) in [7, 11) is 1.22. The van der Waals surface area contributed by atoms with Crippen molar-refractivity contribution in [3.8, 4) is 0 Å². The molecule has 1 atom stereocenters. The van der Waals surface area contributed by atoms with Gasteiger partial charge in [-0.3, -0.25) is 0 Å². The number of carbonyl (C=O) groups is 2. The van der Waals surface area contributed by atoms with Crippen molar-refractivity contribution in [2.75, 3.05) is 7.11 Å². The number of rotatable bonds is 3. The van der Waals surface area contributed by atoms with Crippen LogP contribution in [0.4, 0.5) is 0 Å². The Labute approximate surface area is 80.6 Å². The predicted octanol–water partition coefficient (Wildman–Crippen LogP) is 0.998. The fraction of sp³-hybridized carbons (Fsp3) is 0.333. The Balaban J connectivity index is 2.53. The van der Waals surface area contributed by atoms with Crippen LogP contribution in [0, 0.1) is 0 Å². The van der Waals surface area contributed by atoms with Gasteiger partial charge in [0.05, 0.1) is 13.4 Å². The van der Waals surface area contributed by atoms with Crippen LogP contribution in [0.5, 0.6) is 0 Å². The summed E-state index contributed by atoms with van der Waals surface area (Å²) >= 11 is 0. The highest BCUT2D eigenvalue weighted by Gasteiger charge is 2.20. The van der Waals surface area contributed by atoms with E-state index < -0.39 is 18.0 Å². The standard InChI is InChI=1S/C9H10O5/c1-6(8(10)12-2)14-9(11)7-4-3-5-13-7/h3-6H,1-2H3/t6-/m0/s1. The van der Waals surface area contributed by atoms with Crippen LogP contribution >= 0.6 is 0 Å². The second-order valence-electron chi connectivity index (χ2n) is 2.55. The molecular weight excluding hydrogens is 188 g/mol. The molecule has 5 heteroatoms. The number of furan rings is 1. The van der Waals surface area contributed by atoms with Crippen LogP contribution in [0.3, 0.4) is 0 Å². The van der Waals surface area contributed by atoms with Gasteiger partial charge in [0.15, 0.2) is 6.10 Å². The van der Waals surface area contributed by atoms with Crippen LogP contribution in [0.2, 0.25) is 0 Å². The number of methoxy groups -OCH3 is 1. The van der Waals surface area contributed by atoms with E-state index in [1.165, 1.54) is 26.4 Å². The van der Waals surface area contributed by atoms with Gasteiger partial charge in [-0.1, -0.05) is 0 Å². The first-order chi connectivity index (χ1) is 6.65. The summed E-state index contributed by atoms with van der Waals surface area (Å²) in [4.78, 5) is 22.1. The van der Waals surface area contributed by atoms with E-state index in [1.807, 2.05) is 0 Å². The monoisotopic (exact) mass is 198 g/mol. The summed E-state index contributed by atoms with van der Waals surface area (Å²) in [5.41, 5.74) is 0. The molecule has 0 amide bonds. The van der Waals surface area contributed by atoms with E-state index in [9.17, 15) is 9.59 Å². The van der Waals surface area contributed by atoms with E-state index in [-0.39, 0.29) is 5.76 Å². The maximum Gasteiger partial charge on any atom is 0.375 e. The molecule has 5 nitrogen and oxygen atoms in total. The molecule has 0 bridgehead atoms. The molecule has 0 aliphatic heterocycles. The summed E-state index contributed by atoms with van der Waals surface area (Å²) in [6, 6.07) is 3.01. The lowest BCUT2D eigenvalue weighted by molar-refractivity contribution is -0.149. The van der Waals surface area contributed by atoms with Gasteiger partial charge < -0.3 is 13.9 Å². The Morgan fingerprint density at radius 2 is 2.21 bits per heavy atom. The Kier molecular flexibility index (Phi) is 3.28. The van der Waals surface area contributed by atoms with Gasteiger partial charge in [0, 0.05) is 0 Å². The van der Waals surface area contributed by atoms with E-state index in [2.05, 4.69) is 4.74 Å². The minimum absolute atomic E-state index is 0.0563. The molecule has 1 aromatic heterocycles. The number of hydrogen-bond acceptors (Lipinski definition) is 5. The van der Waals surface area contributed by atoms with Crippen molar-refractivity contribution < 1.29 is 23.5 Å². The number of carbonyl (C=O) groups excluding carboxylic acids is 2. The molecule has 14 heavy (non-hydrogen) atoms. The summed E-state index contributed by atoms with van der Waals surface area (Å²) in [6.07, 6.45) is 0.414. The zero-order chi connectivity index (χ0) is 10.6. The van der Waals surface area contributed by atoms with Gasteiger partial charge in [-0.25, -0.2) is 9.59 Å². The molecule has 0 aliphatic carbocycles. The maximum atomic E-state index is 11.2. The second-order valence-corrected chi connectivity index (χ2v) is 2.55. The van der Waals surface area contributed by atoms with Crippen molar-refractivity contribution in [1.29, 1.82) is 0 Å². The molecule has 76 valence electrons. The third kappa shape index (κ3) is 2.35. The first-order valence-electron chi connectivity index (χ1n) is 3.97. The van der Waals surface area contributed by atoms with Gasteiger partial charge in [-0.05, 0) is 19.1 Å². The molecule has 0 radical (unpaired) electrons. The van der Waals surface area contributed by atoms with Crippen molar-refractivity contribution >= 4 is 11.9 Å². The topological polar surface area (TPSA) is 65.7 Å². The molecule has 0 aromatic carbocycles. The van der Waals surface area contributed by atoms with E-state index in [1.54, 1.807) is 6.07 Å². The maximum absolute atomic E-state index is 11.2. The highest BCUT2D eigenvalue weighted by atomic mass is 16.6. The third-order valence-electron chi connectivity index (χ3n) is 1.54. The molecule has 0 unspecified atom stereocenters. The lowest BCUT2D eigenvalue weighted by atomic mass is 10.4. The normalized spacial score (nSPS) is 11.9. The molecular formula is C9H10O5. The van der Waals surface area contributed by atoms with Gasteiger partial charge in [0.1, 0.15) is 0 Å². The lowest BCUT2D eigenvalue weighted by Gasteiger charge is -2.08. The van der Waals surface area contributed by atoms with Crippen molar-refractivity contribution in [2.45, 2.75) is 13.0 Å². The first-order valence-corrected chi connectivity index (χ1v) is 3.97. The molecule has 0 N–H and O–H groups in total. The molecule has 0 aliphatic rings. The highest BCUT2D eigenvalue weighted by molar-refractivity contribution is 5.88. The fourth-order valence-electron chi connectivity index (χ4n) is 0.827. The lowest BCUT2D eigenvalue weighted by Crippen LogP contribution is -2.25. The van der Waals surface area contributed by atoms with Crippen LogP contribution < -0.4 is 0 Å². The van der Waals surface area contributed by atoms with E-state index >= 15 is 0 Å². The average Bonchev–Trinajstić information content (AvgIpc) is 2.69. The molecule has 0 spiro atoms. The van der Waals surface area contributed by atoms with Crippen molar-refractivity contribution in [3.63, 3.8) is 0 Å². The van der Waals surface area contributed by atoms with Gasteiger partial charge >= 0.3 is 11.9 Å². The summed E-state index contributed by atoms with van der Waals surface area (Å²) in [5.74, 6) is -1.24. The Hall–Kier alpha value is -1.78. The molecule has 0 fully saturated rings. The number of hydrogen-bond donors (Lipinski definition) is 0. The summed E-state index contributed by atoms with van der Waals surface area (Å²) < 4.78 is 13.9. The smallest absolute Gasteiger partial charge is 0.375 e. The van der Waals surface area contributed by atoms with Gasteiger partial charge in [0.25, 0.3) is 0 Å². The first kappa shape index (κ1) is 10.3. The Morgan fingerprint density at radius 1 is 1.50 bits per heavy atom. The Bertz CT molecular complexity index is 314. The van der Waals surface area contributed by atoms with E-state index in [0.29, 0.717) is 0 Å². The van der Waals surface area contributed by atoms with Crippen molar-refractivity contribution in [3.05, 3.63) is 24.2 Å². The largest absolute Gasteiger partial charge is 0.466 e. The van der Waals surface area contributed by atoms with Crippen LogP contribution in [-0.2, 0) is 14.3 Å². The summed E-state index contributed by atoms with van der Waals surface area (Å²) in [6.45, 7) is 1.42. The zero-order valence-corrected chi connectivity index (χ0v) is 7.85. The second kappa shape index (κ2) is 4.45. The van der Waals surface area contributed by atoms with Crippen molar-refractivity contribution in [1.82, 2.24) is 0 Å². The fourth-order valence-corrected chi connectivity index (χ4v) is 0.827. The van der Waals surface area contributed by atoms with Crippen molar-refractivity contribution in [2.24, 2.45) is 0 Å². The summed E-state index contributed by atoms with van der Waals surface area (Å²) in [5, 5.41) is 0. The molecule has 1 rings (SSSR count). The van der Waals surface area contributed by atoms with Gasteiger partial charge in [0.2, 0.25) is 5.76 Å². The van der Waals surface area contributed by atoms with Gasteiger partial charge in [-0.2, -0.15) is 0 Å². The molecule has 1 heterocycles. The van der Waals surface area contributed by atoms with Crippen LogP contribution in [0.1, 0.15) is 17.5 Å². The minimum atomic E-state index is -0.933. The molecule has 1 aromatic rings. The third-order valence-corrected chi connectivity index (χ3v) is 1.54. The number of esters is 2. The Morgan fingerprint density at radius 3 is 2.71 bits per heavy atom. The van der Waals surface area contributed by atoms with E-state index in [4.69, 9.17) is 9.15 Å². The average molecular weight is 198 g/mol. The van der Waals surface area contributed by atoms with Crippen LogP contribution in [0.25, 0.3) is 0 Å². The molecule has 0 saturated heterocycles. The zero-order valence-electron chi connectivity index (χ0n) is 7.85. The predicted molar refractivity (Wildman–Crippen MR) is 45.6 cm³/mol. The highest BCUT2D eigenvalue weighted by Crippen LogP contribution is 2.05. The van der Waals surface area contributed by atoms with Crippen LogP contribution in [-0.4, -0.2) is 25.2 Å². The quantitative estimate of drug-likeness (QED) is 0.678. The molecule has 0 saturated carbocycles. The van der Waals surface area contributed by atoms with E-state index in [0.717, 1.165) is 0 Å². The minimum Gasteiger partial charge on any atom is -0.466 e. The number of ether oxygens (including phenoxy) is 2. The van der Waals surface area contributed by atoms with Crippen LogP contribution in [0.15, 0.2) is 22.8 Å². The van der Waals surface area contributed by atoms with Gasteiger partial charge in [-0.15, -0.1) is 0 Å². The SMILES string of the molecule is COC(=O)[C@H](C)OC(=O)c1ccco1.